The fraction of sp³-hybridized carbons (Fsp3) is 0.217. The zero-order chi connectivity index (χ0) is 23.6. The molecule has 1 N–H and O–H groups in total. The first kappa shape index (κ1) is 22.8. The van der Waals surface area contributed by atoms with Crippen LogP contribution in [0, 0.1) is 0 Å². The molecule has 1 aliphatic rings. The highest BCUT2D eigenvalue weighted by Crippen LogP contribution is 2.43. The Labute approximate surface area is 196 Å². The molecule has 8 nitrogen and oxygen atoms in total. The molecular weight excluding hydrogens is 462 g/mol. The maximum Gasteiger partial charge on any atom is 0.284 e. The molecular formula is C23H23N3O5S2. The van der Waals surface area contributed by atoms with Gasteiger partial charge in [0.2, 0.25) is 10.0 Å². The van der Waals surface area contributed by atoms with Crippen molar-refractivity contribution < 1.29 is 22.7 Å². The Morgan fingerprint density at radius 3 is 2.39 bits per heavy atom. The molecule has 0 aliphatic carbocycles. The Bertz CT molecular complexity index is 1280. The molecule has 4 rings (SSSR count). The molecule has 1 atom stereocenters. The number of benzene rings is 2. The van der Waals surface area contributed by atoms with Gasteiger partial charge in [-0.25, -0.2) is 13.4 Å². The Kier molecular flexibility index (Phi) is 6.39. The number of sulfonamides is 1. The highest BCUT2D eigenvalue weighted by atomic mass is 32.2. The third kappa shape index (κ3) is 4.86. The number of carbonyl (C=O) groups excluding carboxylic acids is 1. The number of nitrogens with one attached hydrogen (secondary N) is 1. The van der Waals surface area contributed by atoms with Crippen molar-refractivity contribution in [2.45, 2.75) is 12.5 Å². The van der Waals surface area contributed by atoms with Gasteiger partial charge in [-0.15, -0.1) is 11.3 Å². The van der Waals surface area contributed by atoms with Gasteiger partial charge in [-0.1, -0.05) is 24.3 Å². The van der Waals surface area contributed by atoms with E-state index in [0.717, 1.165) is 11.8 Å². The average Bonchev–Trinajstić information content (AvgIpc) is 3.47. The van der Waals surface area contributed by atoms with Gasteiger partial charge < -0.3 is 9.47 Å². The monoisotopic (exact) mass is 485 g/mol. The molecule has 0 saturated carbocycles. The van der Waals surface area contributed by atoms with E-state index in [0.29, 0.717) is 39.8 Å². The van der Waals surface area contributed by atoms with Crippen LogP contribution in [0.1, 0.15) is 33.3 Å². The number of methoxy groups -OCH3 is 2. The maximum atomic E-state index is 13.4. The van der Waals surface area contributed by atoms with Gasteiger partial charge >= 0.3 is 0 Å². The van der Waals surface area contributed by atoms with E-state index in [-0.39, 0.29) is 5.91 Å². The molecule has 172 valence electrons. The van der Waals surface area contributed by atoms with Crippen LogP contribution in [-0.4, -0.2) is 45.5 Å². The molecule has 0 radical (unpaired) electrons. The predicted molar refractivity (Wildman–Crippen MR) is 129 cm³/mol. The van der Waals surface area contributed by atoms with Crippen LogP contribution in [0.2, 0.25) is 0 Å². The number of carbonyl (C=O) groups is 1. The topological polar surface area (TPSA) is 97.3 Å². The lowest BCUT2D eigenvalue weighted by Crippen LogP contribution is -2.27. The normalized spacial score (nSPS) is 15.8. The van der Waals surface area contributed by atoms with Gasteiger partial charge in [0.05, 0.1) is 42.7 Å². The number of hydrogen-bond acceptors (Lipinski definition) is 7. The largest absolute Gasteiger partial charge is 0.496 e. The Hall–Kier alpha value is -3.37. The van der Waals surface area contributed by atoms with E-state index in [1.165, 1.54) is 16.3 Å². The van der Waals surface area contributed by atoms with Crippen molar-refractivity contribution in [3.05, 3.63) is 76.0 Å². The molecule has 2 aromatic carbocycles. The van der Waals surface area contributed by atoms with Gasteiger partial charge in [0.15, 0.2) is 0 Å². The number of anilines is 1. The number of thiophene rings is 1. The highest BCUT2D eigenvalue weighted by molar-refractivity contribution is 7.92. The average molecular weight is 486 g/mol. The van der Waals surface area contributed by atoms with Crippen molar-refractivity contribution in [3.8, 4) is 11.5 Å². The minimum atomic E-state index is -3.43. The number of nitrogens with zero attached hydrogens (tertiary/aromatic N) is 2. The first-order chi connectivity index (χ1) is 15.8. The first-order valence-corrected chi connectivity index (χ1v) is 12.8. The van der Waals surface area contributed by atoms with Crippen molar-refractivity contribution in [1.29, 1.82) is 0 Å². The molecule has 1 aliphatic heterocycles. The number of ether oxygens (including phenoxy) is 2. The summed E-state index contributed by atoms with van der Waals surface area (Å²) in [7, 11) is -0.289. The molecule has 2 heterocycles. The molecule has 3 aromatic rings. The minimum Gasteiger partial charge on any atom is -0.496 e. The van der Waals surface area contributed by atoms with Gasteiger partial charge in [-0.2, -0.15) is 5.10 Å². The lowest BCUT2D eigenvalue weighted by molar-refractivity contribution is 0.0712. The third-order valence-electron chi connectivity index (χ3n) is 5.15. The van der Waals surface area contributed by atoms with E-state index in [2.05, 4.69) is 9.82 Å². The van der Waals surface area contributed by atoms with Gasteiger partial charge in [-0.3, -0.25) is 9.52 Å². The lowest BCUT2D eigenvalue weighted by Gasteiger charge is -2.24. The van der Waals surface area contributed by atoms with E-state index in [4.69, 9.17) is 9.47 Å². The first-order valence-electron chi connectivity index (χ1n) is 10.0. The van der Waals surface area contributed by atoms with E-state index >= 15 is 0 Å². The van der Waals surface area contributed by atoms with Crippen LogP contribution < -0.4 is 14.2 Å². The minimum absolute atomic E-state index is 0.233. The standard InChI is InChI=1S/C23H23N3O5S2/c1-30-19-9-5-10-20(31-2)22(19)18-14-17(24-26(18)23(27)21-11-6-12-32-21)15-7-4-8-16(13-15)25-33(3,28)29/h4-13,18,25H,14H2,1-3H3/t18-/m0/s1. The molecule has 0 fully saturated rings. The summed E-state index contributed by atoms with van der Waals surface area (Å²) >= 11 is 1.34. The third-order valence-corrected chi connectivity index (χ3v) is 6.61. The zero-order valence-corrected chi connectivity index (χ0v) is 19.9. The van der Waals surface area contributed by atoms with Crippen molar-refractivity contribution >= 4 is 38.7 Å². The number of rotatable bonds is 7. The summed E-state index contributed by atoms with van der Waals surface area (Å²) in [6.45, 7) is 0. The summed E-state index contributed by atoms with van der Waals surface area (Å²) in [6, 6.07) is 15.5. The van der Waals surface area contributed by atoms with Crippen LogP contribution in [0.3, 0.4) is 0 Å². The highest BCUT2D eigenvalue weighted by Gasteiger charge is 2.37. The quantitative estimate of drug-likeness (QED) is 0.543. The van der Waals surface area contributed by atoms with Crippen LogP contribution >= 0.6 is 11.3 Å². The fourth-order valence-electron chi connectivity index (χ4n) is 3.79. The second-order valence-corrected chi connectivity index (χ2v) is 10.1. The van der Waals surface area contributed by atoms with Crippen molar-refractivity contribution in [1.82, 2.24) is 5.01 Å². The van der Waals surface area contributed by atoms with Crippen LogP contribution in [0.5, 0.6) is 11.5 Å². The predicted octanol–water partition coefficient (Wildman–Crippen LogP) is 4.13. The van der Waals surface area contributed by atoms with Gasteiger partial charge in [0, 0.05) is 12.1 Å². The molecule has 0 saturated heterocycles. The summed E-state index contributed by atoms with van der Waals surface area (Å²) in [5, 5.41) is 7.98. The van der Waals surface area contributed by atoms with Crippen LogP contribution in [0.15, 0.2) is 65.1 Å². The molecule has 0 unspecified atom stereocenters. The second-order valence-electron chi connectivity index (χ2n) is 7.42. The maximum absolute atomic E-state index is 13.4. The van der Waals surface area contributed by atoms with Crippen molar-refractivity contribution in [3.63, 3.8) is 0 Å². The van der Waals surface area contributed by atoms with E-state index < -0.39 is 16.1 Å². The second kappa shape index (κ2) is 9.24. The van der Waals surface area contributed by atoms with Crippen molar-refractivity contribution in [2.75, 3.05) is 25.2 Å². The molecule has 1 aromatic heterocycles. The summed E-state index contributed by atoms with van der Waals surface area (Å²) < 4.78 is 37.0. The number of hydrazone groups is 1. The van der Waals surface area contributed by atoms with Gasteiger partial charge in [-0.05, 0) is 41.3 Å². The SMILES string of the molecule is COc1cccc(OC)c1[C@@H]1CC(c2cccc(NS(C)(=O)=O)c2)=NN1C(=O)c1cccs1. The van der Waals surface area contributed by atoms with Crippen molar-refractivity contribution in [2.24, 2.45) is 5.10 Å². The van der Waals surface area contributed by atoms with Gasteiger partial charge in [0.1, 0.15) is 11.5 Å². The summed E-state index contributed by atoms with van der Waals surface area (Å²) in [5.74, 6) is 0.947. The Morgan fingerprint density at radius 2 is 1.79 bits per heavy atom. The van der Waals surface area contributed by atoms with Crippen LogP contribution in [0.25, 0.3) is 0 Å². The Morgan fingerprint density at radius 1 is 1.09 bits per heavy atom. The molecule has 0 spiro atoms. The molecule has 1 amide bonds. The fourth-order valence-corrected chi connectivity index (χ4v) is 5.01. The summed E-state index contributed by atoms with van der Waals surface area (Å²) in [6.07, 6.45) is 1.49. The molecule has 10 heteroatoms. The van der Waals surface area contributed by atoms with Crippen LogP contribution in [0.4, 0.5) is 5.69 Å². The zero-order valence-electron chi connectivity index (χ0n) is 18.3. The number of amides is 1. The van der Waals surface area contributed by atoms with Crippen LogP contribution in [-0.2, 0) is 10.0 Å². The van der Waals surface area contributed by atoms with E-state index in [1.807, 2.05) is 35.7 Å². The molecule has 0 bridgehead atoms. The summed E-state index contributed by atoms with van der Waals surface area (Å²) in [4.78, 5) is 13.9. The molecule has 33 heavy (non-hydrogen) atoms. The number of hydrogen-bond donors (Lipinski definition) is 1. The Balaban J connectivity index is 1.79. The summed E-state index contributed by atoms with van der Waals surface area (Å²) in [5.41, 5.74) is 2.50. The van der Waals surface area contributed by atoms with E-state index in [1.54, 1.807) is 38.5 Å². The lowest BCUT2D eigenvalue weighted by atomic mass is 9.96. The van der Waals surface area contributed by atoms with Gasteiger partial charge in [0.25, 0.3) is 5.91 Å². The van der Waals surface area contributed by atoms with E-state index in [9.17, 15) is 13.2 Å². The smallest absolute Gasteiger partial charge is 0.284 e.